The predicted molar refractivity (Wildman–Crippen MR) is 61.6 cm³/mol. The van der Waals surface area contributed by atoms with Crippen LogP contribution in [-0.4, -0.2) is 39.9 Å². The molecule has 0 aliphatic rings. The van der Waals surface area contributed by atoms with Crippen LogP contribution in [0.2, 0.25) is 0 Å². The number of carboxylic acid groups (broad SMARTS) is 1. The summed E-state index contributed by atoms with van der Waals surface area (Å²) in [6.45, 7) is 6.69. The highest BCUT2D eigenvalue weighted by Gasteiger charge is 2.21. The maximum Gasteiger partial charge on any atom is 0.356 e. The second kappa shape index (κ2) is 4.25. The van der Waals surface area contributed by atoms with Crippen LogP contribution in [0.15, 0.2) is 6.07 Å². The van der Waals surface area contributed by atoms with Crippen molar-refractivity contribution in [2.45, 2.75) is 32.9 Å². The Morgan fingerprint density at radius 2 is 2.06 bits per heavy atom. The highest BCUT2D eigenvalue weighted by molar-refractivity contribution is 5.85. The minimum atomic E-state index is -0.983. The molecule has 0 spiro atoms. The van der Waals surface area contributed by atoms with E-state index in [1.807, 2.05) is 39.8 Å². The molecule has 1 rings (SSSR count). The first-order valence-corrected chi connectivity index (χ1v) is 5.19. The molecule has 5 nitrogen and oxygen atoms in total. The fraction of sp³-hybridized carbons (Fsp3) is 0.636. The average molecular weight is 225 g/mol. The van der Waals surface area contributed by atoms with E-state index in [1.165, 1.54) is 0 Å². The quantitative estimate of drug-likeness (QED) is 0.844. The first-order valence-electron chi connectivity index (χ1n) is 5.19. The molecule has 16 heavy (non-hydrogen) atoms. The Balaban J connectivity index is 3.18. The summed E-state index contributed by atoms with van der Waals surface area (Å²) in [5.74, 6) is -0.983. The van der Waals surface area contributed by atoms with Crippen molar-refractivity contribution in [2.75, 3.05) is 14.1 Å². The van der Waals surface area contributed by atoms with Crippen LogP contribution < -0.4 is 0 Å². The molecule has 0 aliphatic heterocycles. The molecule has 90 valence electrons. The SMILES string of the molecule is CN(C)Cc1cc(C(=O)O)nn1C(C)(C)C. The van der Waals surface area contributed by atoms with Gasteiger partial charge >= 0.3 is 5.97 Å². The van der Waals surface area contributed by atoms with Gasteiger partial charge < -0.3 is 10.0 Å². The lowest BCUT2D eigenvalue weighted by Crippen LogP contribution is -2.27. The molecule has 1 aromatic heterocycles. The van der Waals surface area contributed by atoms with Gasteiger partial charge in [-0.05, 0) is 40.9 Å². The molecule has 0 radical (unpaired) electrons. The van der Waals surface area contributed by atoms with Crippen LogP contribution in [0, 0.1) is 0 Å². The molecule has 0 saturated carbocycles. The van der Waals surface area contributed by atoms with Crippen LogP contribution in [0.4, 0.5) is 0 Å². The van der Waals surface area contributed by atoms with E-state index in [9.17, 15) is 4.79 Å². The first-order chi connectivity index (χ1) is 7.21. The van der Waals surface area contributed by atoms with Gasteiger partial charge in [0.05, 0.1) is 11.2 Å². The van der Waals surface area contributed by atoms with Crippen molar-refractivity contribution >= 4 is 5.97 Å². The summed E-state index contributed by atoms with van der Waals surface area (Å²) in [6.07, 6.45) is 0. The number of aromatic carboxylic acids is 1. The zero-order chi connectivity index (χ0) is 12.5. The van der Waals surface area contributed by atoms with Gasteiger partial charge in [0, 0.05) is 6.54 Å². The lowest BCUT2D eigenvalue weighted by molar-refractivity contribution is 0.0688. The summed E-state index contributed by atoms with van der Waals surface area (Å²) in [6, 6.07) is 1.63. The molecule has 0 bridgehead atoms. The van der Waals surface area contributed by atoms with E-state index in [-0.39, 0.29) is 11.2 Å². The molecule has 0 amide bonds. The summed E-state index contributed by atoms with van der Waals surface area (Å²) in [5.41, 5.74) is 0.806. The molecule has 0 aromatic carbocycles. The average Bonchev–Trinajstić information content (AvgIpc) is 2.45. The van der Waals surface area contributed by atoms with Crippen LogP contribution in [-0.2, 0) is 12.1 Å². The highest BCUT2D eigenvalue weighted by Crippen LogP contribution is 2.18. The van der Waals surface area contributed by atoms with Gasteiger partial charge in [-0.3, -0.25) is 4.68 Å². The number of hydrogen-bond donors (Lipinski definition) is 1. The molecule has 1 heterocycles. The molecule has 5 heteroatoms. The number of nitrogens with zero attached hydrogens (tertiary/aromatic N) is 3. The molecule has 0 saturated heterocycles. The van der Waals surface area contributed by atoms with Crippen molar-refractivity contribution < 1.29 is 9.90 Å². The van der Waals surface area contributed by atoms with E-state index in [2.05, 4.69) is 5.10 Å². The second-order valence-electron chi connectivity index (χ2n) is 5.15. The Morgan fingerprint density at radius 3 is 2.44 bits per heavy atom. The minimum absolute atomic E-state index is 0.103. The van der Waals surface area contributed by atoms with E-state index in [0.717, 1.165) is 5.69 Å². The molecule has 0 unspecified atom stereocenters. The lowest BCUT2D eigenvalue weighted by Gasteiger charge is -2.23. The Kier molecular flexibility index (Phi) is 3.38. The third-order valence-corrected chi connectivity index (χ3v) is 2.12. The minimum Gasteiger partial charge on any atom is -0.476 e. The van der Waals surface area contributed by atoms with Crippen molar-refractivity contribution in [3.8, 4) is 0 Å². The summed E-state index contributed by atoms with van der Waals surface area (Å²) in [5, 5.41) is 13.1. The van der Waals surface area contributed by atoms with Crippen LogP contribution in [0.3, 0.4) is 0 Å². The Bertz CT molecular complexity index is 388. The lowest BCUT2D eigenvalue weighted by atomic mass is 10.1. The van der Waals surface area contributed by atoms with Gasteiger partial charge in [-0.25, -0.2) is 4.79 Å². The van der Waals surface area contributed by atoms with Crippen LogP contribution in [0.5, 0.6) is 0 Å². The molecule has 0 fully saturated rings. The Labute approximate surface area is 95.7 Å². The largest absolute Gasteiger partial charge is 0.476 e. The van der Waals surface area contributed by atoms with E-state index in [1.54, 1.807) is 10.7 Å². The Hall–Kier alpha value is -1.36. The van der Waals surface area contributed by atoms with Crippen LogP contribution in [0.1, 0.15) is 37.0 Å². The number of carboxylic acids is 1. The van der Waals surface area contributed by atoms with Crippen molar-refractivity contribution in [1.29, 1.82) is 0 Å². The van der Waals surface area contributed by atoms with Crippen LogP contribution in [0.25, 0.3) is 0 Å². The van der Waals surface area contributed by atoms with Gasteiger partial charge in [0.15, 0.2) is 5.69 Å². The van der Waals surface area contributed by atoms with E-state index in [0.29, 0.717) is 6.54 Å². The van der Waals surface area contributed by atoms with Gasteiger partial charge in [-0.15, -0.1) is 0 Å². The molecule has 0 atom stereocenters. The monoisotopic (exact) mass is 225 g/mol. The van der Waals surface area contributed by atoms with Gasteiger partial charge in [0.1, 0.15) is 0 Å². The summed E-state index contributed by atoms with van der Waals surface area (Å²) in [7, 11) is 3.89. The molecule has 0 aliphatic carbocycles. The summed E-state index contributed by atoms with van der Waals surface area (Å²) in [4.78, 5) is 12.9. The third kappa shape index (κ3) is 2.82. The van der Waals surface area contributed by atoms with Gasteiger partial charge in [0.25, 0.3) is 0 Å². The van der Waals surface area contributed by atoms with Gasteiger partial charge in [0.2, 0.25) is 0 Å². The standard InChI is InChI=1S/C11H19N3O2/c1-11(2,3)14-8(7-13(4)5)6-9(12-14)10(15)16/h6H,7H2,1-5H3,(H,15,16). The second-order valence-corrected chi connectivity index (χ2v) is 5.15. The number of rotatable bonds is 3. The first kappa shape index (κ1) is 12.7. The molecular weight excluding hydrogens is 206 g/mol. The van der Waals surface area contributed by atoms with E-state index >= 15 is 0 Å². The smallest absolute Gasteiger partial charge is 0.356 e. The zero-order valence-corrected chi connectivity index (χ0v) is 10.5. The summed E-state index contributed by atoms with van der Waals surface area (Å²) >= 11 is 0. The van der Waals surface area contributed by atoms with Crippen molar-refractivity contribution in [1.82, 2.24) is 14.7 Å². The van der Waals surface area contributed by atoms with E-state index in [4.69, 9.17) is 5.11 Å². The maximum absolute atomic E-state index is 10.9. The predicted octanol–water partition coefficient (Wildman–Crippen LogP) is 1.40. The van der Waals surface area contributed by atoms with Crippen molar-refractivity contribution in [3.63, 3.8) is 0 Å². The van der Waals surface area contributed by atoms with Gasteiger partial charge in [-0.1, -0.05) is 0 Å². The fourth-order valence-electron chi connectivity index (χ4n) is 1.54. The van der Waals surface area contributed by atoms with Crippen LogP contribution >= 0.6 is 0 Å². The number of aromatic nitrogens is 2. The normalized spacial score (nSPS) is 12.1. The van der Waals surface area contributed by atoms with E-state index < -0.39 is 5.97 Å². The topological polar surface area (TPSA) is 58.4 Å². The fourth-order valence-corrected chi connectivity index (χ4v) is 1.54. The third-order valence-electron chi connectivity index (χ3n) is 2.12. The molecular formula is C11H19N3O2. The summed E-state index contributed by atoms with van der Waals surface area (Å²) < 4.78 is 1.77. The van der Waals surface area contributed by atoms with Crippen molar-refractivity contribution in [2.24, 2.45) is 0 Å². The Morgan fingerprint density at radius 1 is 1.50 bits per heavy atom. The molecule has 1 N–H and O–H groups in total. The van der Waals surface area contributed by atoms with Crippen molar-refractivity contribution in [3.05, 3.63) is 17.5 Å². The number of carbonyl (C=O) groups is 1. The maximum atomic E-state index is 10.9. The van der Waals surface area contributed by atoms with Gasteiger partial charge in [-0.2, -0.15) is 5.10 Å². The number of hydrogen-bond acceptors (Lipinski definition) is 3. The molecule has 1 aromatic rings. The highest BCUT2D eigenvalue weighted by atomic mass is 16.4. The zero-order valence-electron chi connectivity index (χ0n) is 10.5.